The summed E-state index contributed by atoms with van der Waals surface area (Å²) in [5.41, 5.74) is 4.59. The number of anilines is 1. The molecule has 0 spiro atoms. The molecule has 0 radical (unpaired) electrons. The van der Waals surface area contributed by atoms with E-state index in [0.717, 1.165) is 16.6 Å². The molecular weight excluding hydrogens is 290 g/mol. The second kappa shape index (κ2) is 6.16. The number of fused-ring (bicyclic) bond motifs is 1. The third-order valence-electron chi connectivity index (χ3n) is 4.11. The highest BCUT2D eigenvalue weighted by Gasteiger charge is 2.08. The summed E-state index contributed by atoms with van der Waals surface area (Å²) in [6, 6.07) is 13.2. The molecule has 1 N–H and O–H groups in total. The van der Waals surface area contributed by atoms with Crippen molar-refractivity contribution in [2.24, 2.45) is 0 Å². The van der Waals surface area contributed by atoms with Gasteiger partial charge in [-0.1, -0.05) is 12.1 Å². The Hall–Kier alpha value is -2.75. The molecule has 0 fully saturated rings. The standard InChI is InChI=1S/C19H19NO3/c1-12-5-4-6-17(13(12)2)20-11-14-9-19(21)23-18-10-15(22-3)7-8-16(14)18/h4-10,20H,11H2,1-3H3. The highest BCUT2D eigenvalue weighted by molar-refractivity contribution is 5.81. The molecule has 0 aliphatic heterocycles. The van der Waals surface area contributed by atoms with Crippen LogP contribution in [0.3, 0.4) is 0 Å². The summed E-state index contributed by atoms with van der Waals surface area (Å²) in [6.45, 7) is 4.72. The molecule has 0 saturated carbocycles. The minimum Gasteiger partial charge on any atom is -0.497 e. The first-order chi connectivity index (χ1) is 11.1. The van der Waals surface area contributed by atoms with E-state index in [4.69, 9.17) is 9.15 Å². The van der Waals surface area contributed by atoms with E-state index in [9.17, 15) is 4.79 Å². The quantitative estimate of drug-likeness (QED) is 0.739. The van der Waals surface area contributed by atoms with E-state index < -0.39 is 0 Å². The summed E-state index contributed by atoms with van der Waals surface area (Å²) in [5, 5.41) is 4.31. The van der Waals surface area contributed by atoms with Crippen molar-refractivity contribution >= 4 is 16.7 Å². The average molecular weight is 309 g/mol. The summed E-state index contributed by atoms with van der Waals surface area (Å²) in [6.07, 6.45) is 0. The van der Waals surface area contributed by atoms with Crippen molar-refractivity contribution in [1.29, 1.82) is 0 Å². The van der Waals surface area contributed by atoms with Crippen LogP contribution in [0.1, 0.15) is 16.7 Å². The van der Waals surface area contributed by atoms with E-state index in [-0.39, 0.29) is 5.63 Å². The van der Waals surface area contributed by atoms with Crippen molar-refractivity contribution in [2.75, 3.05) is 12.4 Å². The van der Waals surface area contributed by atoms with Crippen LogP contribution in [-0.2, 0) is 6.54 Å². The van der Waals surface area contributed by atoms with Gasteiger partial charge in [0, 0.05) is 29.8 Å². The molecule has 0 atom stereocenters. The van der Waals surface area contributed by atoms with E-state index in [1.165, 1.54) is 17.2 Å². The van der Waals surface area contributed by atoms with Crippen molar-refractivity contribution in [3.05, 3.63) is 69.6 Å². The smallest absolute Gasteiger partial charge is 0.336 e. The van der Waals surface area contributed by atoms with E-state index in [1.54, 1.807) is 13.2 Å². The molecular formula is C19H19NO3. The molecule has 3 aromatic rings. The molecule has 1 heterocycles. The molecule has 4 nitrogen and oxygen atoms in total. The topological polar surface area (TPSA) is 51.5 Å². The summed E-state index contributed by atoms with van der Waals surface area (Å²) >= 11 is 0. The Labute approximate surface area is 134 Å². The summed E-state index contributed by atoms with van der Waals surface area (Å²) in [7, 11) is 1.59. The van der Waals surface area contributed by atoms with Gasteiger partial charge in [-0.05, 0) is 48.7 Å². The first-order valence-electron chi connectivity index (χ1n) is 7.49. The summed E-state index contributed by atoms with van der Waals surface area (Å²) in [5.74, 6) is 0.667. The zero-order valence-electron chi connectivity index (χ0n) is 13.5. The Bertz CT molecular complexity index is 912. The number of benzene rings is 2. The maximum absolute atomic E-state index is 11.8. The molecule has 0 aliphatic carbocycles. The predicted molar refractivity (Wildman–Crippen MR) is 92.3 cm³/mol. The molecule has 4 heteroatoms. The van der Waals surface area contributed by atoms with Crippen LogP contribution < -0.4 is 15.7 Å². The summed E-state index contributed by atoms with van der Waals surface area (Å²) in [4.78, 5) is 11.8. The maximum Gasteiger partial charge on any atom is 0.336 e. The minimum atomic E-state index is -0.358. The van der Waals surface area contributed by atoms with Crippen molar-refractivity contribution in [3.8, 4) is 5.75 Å². The Morgan fingerprint density at radius 1 is 1.13 bits per heavy atom. The molecule has 0 saturated heterocycles. The van der Waals surface area contributed by atoms with Crippen LogP contribution in [0.5, 0.6) is 5.75 Å². The zero-order chi connectivity index (χ0) is 16.4. The number of nitrogens with one attached hydrogen (secondary N) is 1. The number of ether oxygens (including phenoxy) is 1. The fourth-order valence-corrected chi connectivity index (χ4v) is 2.62. The van der Waals surface area contributed by atoms with Crippen molar-refractivity contribution < 1.29 is 9.15 Å². The van der Waals surface area contributed by atoms with Gasteiger partial charge in [-0.25, -0.2) is 4.79 Å². The van der Waals surface area contributed by atoms with Gasteiger partial charge in [0.2, 0.25) is 0 Å². The molecule has 0 aliphatic rings. The predicted octanol–water partition coefficient (Wildman–Crippen LogP) is 4.03. The van der Waals surface area contributed by atoms with E-state index in [0.29, 0.717) is 17.9 Å². The van der Waals surface area contributed by atoms with Gasteiger partial charge in [0.15, 0.2) is 0 Å². The fourth-order valence-electron chi connectivity index (χ4n) is 2.62. The van der Waals surface area contributed by atoms with E-state index in [1.807, 2.05) is 24.3 Å². The Morgan fingerprint density at radius 2 is 1.96 bits per heavy atom. The third kappa shape index (κ3) is 3.06. The molecule has 118 valence electrons. The van der Waals surface area contributed by atoms with E-state index >= 15 is 0 Å². The van der Waals surface area contributed by atoms with Gasteiger partial charge < -0.3 is 14.5 Å². The lowest BCUT2D eigenvalue weighted by atomic mass is 10.1. The molecule has 0 unspecified atom stereocenters. The van der Waals surface area contributed by atoms with Crippen LogP contribution in [-0.4, -0.2) is 7.11 Å². The van der Waals surface area contributed by atoms with Gasteiger partial charge in [0.25, 0.3) is 0 Å². The number of hydrogen-bond donors (Lipinski definition) is 1. The Balaban J connectivity index is 1.96. The zero-order valence-corrected chi connectivity index (χ0v) is 13.5. The van der Waals surface area contributed by atoms with Crippen molar-refractivity contribution in [1.82, 2.24) is 0 Å². The van der Waals surface area contributed by atoms with Gasteiger partial charge in [0.1, 0.15) is 11.3 Å². The van der Waals surface area contributed by atoms with Crippen LogP contribution in [0, 0.1) is 13.8 Å². The first kappa shape index (κ1) is 15.2. The third-order valence-corrected chi connectivity index (χ3v) is 4.11. The number of rotatable bonds is 4. The van der Waals surface area contributed by atoms with Crippen molar-refractivity contribution in [2.45, 2.75) is 20.4 Å². The maximum atomic E-state index is 11.8. The van der Waals surface area contributed by atoms with Crippen LogP contribution >= 0.6 is 0 Å². The van der Waals surface area contributed by atoms with Crippen LogP contribution in [0.2, 0.25) is 0 Å². The molecule has 0 bridgehead atoms. The summed E-state index contributed by atoms with van der Waals surface area (Å²) < 4.78 is 10.5. The number of methoxy groups -OCH3 is 1. The molecule has 1 aromatic heterocycles. The monoisotopic (exact) mass is 309 g/mol. The Morgan fingerprint density at radius 3 is 2.74 bits per heavy atom. The van der Waals surface area contributed by atoms with Crippen LogP contribution in [0.25, 0.3) is 11.0 Å². The number of hydrogen-bond acceptors (Lipinski definition) is 4. The van der Waals surface area contributed by atoms with E-state index in [2.05, 4.69) is 25.2 Å². The van der Waals surface area contributed by atoms with Gasteiger partial charge in [0.05, 0.1) is 7.11 Å². The van der Waals surface area contributed by atoms with Crippen molar-refractivity contribution in [3.63, 3.8) is 0 Å². The SMILES string of the molecule is COc1ccc2c(CNc3cccc(C)c3C)cc(=O)oc2c1. The van der Waals surface area contributed by atoms with Crippen LogP contribution in [0.4, 0.5) is 5.69 Å². The second-order valence-electron chi connectivity index (χ2n) is 5.55. The lowest BCUT2D eigenvalue weighted by molar-refractivity contribution is 0.414. The van der Waals surface area contributed by atoms with Gasteiger partial charge in [-0.2, -0.15) is 0 Å². The molecule has 2 aromatic carbocycles. The van der Waals surface area contributed by atoms with Gasteiger partial charge in [-0.15, -0.1) is 0 Å². The number of aryl methyl sites for hydroxylation is 1. The van der Waals surface area contributed by atoms with Gasteiger partial charge in [-0.3, -0.25) is 0 Å². The fraction of sp³-hybridized carbons (Fsp3) is 0.211. The van der Waals surface area contributed by atoms with Gasteiger partial charge >= 0.3 is 5.63 Å². The lowest BCUT2D eigenvalue weighted by Crippen LogP contribution is -2.07. The largest absolute Gasteiger partial charge is 0.497 e. The average Bonchev–Trinajstić information content (AvgIpc) is 2.55. The second-order valence-corrected chi connectivity index (χ2v) is 5.55. The normalized spacial score (nSPS) is 10.7. The molecule has 0 amide bonds. The Kier molecular flexibility index (Phi) is 4.06. The molecule has 23 heavy (non-hydrogen) atoms. The highest BCUT2D eigenvalue weighted by atomic mass is 16.5. The minimum absolute atomic E-state index is 0.358. The first-order valence-corrected chi connectivity index (χ1v) is 7.49. The molecule has 3 rings (SSSR count). The van der Waals surface area contributed by atoms with Crippen LogP contribution in [0.15, 0.2) is 51.7 Å². The lowest BCUT2D eigenvalue weighted by Gasteiger charge is -2.12. The highest BCUT2D eigenvalue weighted by Crippen LogP contribution is 2.24.